The van der Waals surface area contributed by atoms with Gasteiger partial charge in [0.25, 0.3) is 11.8 Å². The summed E-state index contributed by atoms with van der Waals surface area (Å²) in [5, 5.41) is 3.44. The summed E-state index contributed by atoms with van der Waals surface area (Å²) in [6.45, 7) is 5.39. The summed E-state index contributed by atoms with van der Waals surface area (Å²) in [4.78, 5) is 32.3. The monoisotopic (exact) mass is 375 g/mol. The van der Waals surface area contributed by atoms with Crippen molar-refractivity contribution in [1.82, 2.24) is 9.88 Å². The predicted octanol–water partition coefficient (Wildman–Crippen LogP) is 2.67. The molecule has 0 aliphatic carbocycles. The van der Waals surface area contributed by atoms with Crippen molar-refractivity contribution in [1.29, 1.82) is 0 Å². The molecule has 0 unspecified atom stereocenters. The van der Waals surface area contributed by atoms with E-state index in [1.165, 1.54) is 11.3 Å². The molecule has 2 aliphatic heterocycles. The zero-order valence-corrected chi connectivity index (χ0v) is 15.6. The molecule has 0 bridgehead atoms. The molecule has 2 amide bonds. The topological polar surface area (TPSA) is 84.7 Å². The Labute approximate surface area is 155 Å². The third-order valence-corrected chi connectivity index (χ3v) is 5.74. The number of hydrogen-bond acceptors (Lipinski definition) is 6. The Morgan fingerprint density at radius 3 is 2.92 bits per heavy atom. The molecule has 1 N–H and O–H groups in total. The van der Waals surface area contributed by atoms with E-state index in [4.69, 9.17) is 9.15 Å². The van der Waals surface area contributed by atoms with Crippen molar-refractivity contribution < 1.29 is 18.7 Å². The van der Waals surface area contributed by atoms with Gasteiger partial charge in [-0.1, -0.05) is 11.3 Å². The van der Waals surface area contributed by atoms with Crippen LogP contribution in [0.2, 0.25) is 0 Å². The summed E-state index contributed by atoms with van der Waals surface area (Å²) >= 11 is 1.43. The molecule has 7 nitrogen and oxygen atoms in total. The van der Waals surface area contributed by atoms with E-state index in [1.807, 2.05) is 11.8 Å². The molecular weight excluding hydrogens is 354 g/mol. The largest absolute Gasteiger partial charge is 0.466 e. The van der Waals surface area contributed by atoms with Crippen molar-refractivity contribution in [3.05, 3.63) is 33.7 Å². The van der Waals surface area contributed by atoms with Crippen LogP contribution in [0.1, 0.15) is 45.3 Å². The van der Waals surface area contributed by atoms with Crippen LogP contribution in [-0.2, 0) is 22.5 Å². The standard InChI is InChI=1S/C18H21N3O4S/c1-10-8-12(11(2)25-10)17(23)21-6-5-13-15(9-21)26-18(19-13)20-16(22)14-4-3-7-24-14/h8,14H,3-7,9H2,1-2H3,(H,19,20,22)/t14-/m1/s1. The molecule has 4 heterocycles. The average Bonchev–Trinajstić information content (AvgIpc) is 3.32. The predicted molar refractivity (Wildman–Crippen MR) is 96.3 cm³/mol. The van der Waals surface area contributed by atoms with Crippen LogP contribution in [0.15, 0.2) is 10.5 Å². The van der Waals surface area contributed by atoms with Gasteiger partial charge in [0.1, 0.15) is 17.6 Å². The third-order valence-electron chi connectivity index (χ3n) is 4.74. The average molecular weight is 375 g/mol. The number of fused-ring (bicyclic) bond motifs is 1. The number of anilines is 1. The van der Waals surface area contributed by atoms with Crippen LogP contribution in [0, 0.1) is 13.8 Å². The molecule has 2 aromatic rings. The van der Waals surface area contributed by atoms with E-state index in [0.29, 0.717) is 42.6 Å². The van der Waals surface area contributed by atoms with Crippen LogP contribution in [0.5, 0.6) is 0 Å². The molecule has 0 aromatic carbocycles. The third kappa shape index (κ3) is 3.26. The molecule has 0 spiro atoms. The minimum atomic E-state index is -0.374. The first kappa shape index (κ1) is 17.2. The normalized spacial score (nSPS) is 19.5. The smallest absolute Gasteiger partial charge is 0.257 e. The first-order chi connectivity index (χ1) is 12.5. The van der Waals surface area contributed by atoms with E-state index in [2.05, 4.69) is 10.3 Å². The van der Waals surface area contributed by atoms with Crippen molar-refractivity contribution in [3.63, 3.8) is 0 Å². The van der Waals surface area contributed by atoms with Gasteiger partial charge in [-0.15, -0.1) is 0 Å². The van der Waals surface area contributed by atoms with Crippen LogP contribution in [-0.4, -0.2) is 41.0 Å². The van der Waals surface area contributed by atoms with Gasteiger partial charge in [0.05, 0.1) is 17.8 Å². The molecule has 2 aromatic heterocycles. The summed E-state index contributed by atoms with van der Waals surface area (Å²) in [5.74, 6) is 1.22. The second kappa shape index (κ2) is 6.85. The summed E-state index contributed by atoms with van der Waals surface area (Å²) in [6.07, 6.45) is 1.98. The first-order valence-corrected chi connectivity index (χ1v) is 9.60. The number of thiazole rings is 1. The molecule has 2 aliphatic rings. The van der Waals surface area contributed by atoms with Gasteiger partial charge < -0.3 is 14.1 Å². The van der Waals surface area contributed by atoms with E-state index in [1.54, 1.807) is 13.0 Å². The Hall–Kier alpha value is -2.19. The SMILES string of the molecule is Cc1cc(C(=O)N2CCc3nc(NC(=O)[C@H]4CCCO4)sc3C2)c(C)o1. The van der Waals surface area contributed by atoms with Gasteiger partial charge in [0, 0.05) is 24.4 Å². The van der Waals surface area contributed by atoms with Gasteiger partial charge in [0.15, 0.2) is 5.13 Å². The molecule has 8 heteroatoms. The minimum absolute atomic E-state index is 0.0247. The fourth-order valence-electron chi connectivity index (χ4n) is 3.41. The number of nitrogens with one attached hydrogen (secondary N) is 1. The molecule has 1 fully saturated rings. The van der Waals surface area contributed by atoms with Gasteiger partial charge in [-0.3, -0.25) is 14.9 Å². The van der Waals surface area contributed by atoms with Crippen molar-refractivity contribution in [2.75, 3.05) is 18.5 Å². The van der Waals surface area contributed by atoms with Gasteiger partial charge in [0.2, 0.25) is 0 Å². The lowest BCUT2D eigenvalue weighted by molar-refractivity contribution is -0.124. The molecule has 0 radical (unpaired) electrons. The van der Waals surface area contributed by atoms with Crippen molar-refractivity contribution >= 4 is 28.3 Å². The maximum Gasteiger partial charge on any atom is 0.257 e. The Morgan fingerprint density at radius 1 is 1.38 bits per heavy atom. The van der Waals surface area contributed by atoms with E-state index in [-0.39, 0.29) is 17.9 Å². The fourth-order valence-corrected chi connectivity index (χ4v) is 4.43. The molecule has 26 heavy (non-hydrogen) atoms. The number of nitrogens with zero attached hydrogens (tertiary/aromatic N) is 2. The molecule has 4 rings (SSSR count). The maximum absolute atomic E-state index is 12.8. The lowest BCUT2D eigenvalue weighted by Crippen LogP contribution is -2.35. The maximum atomic E-state index is 12.8. The number of ether oxygens (including phenoxy) is 1. The highest BCUT2D eigenvalue weighted by atomic mass is 32.1. The minimum Gasteiger partial charge on any atom is -0.466 e. The van der Waals surface area contributed by atoms with Crippen LogP contribution < -0.4 is 5.32 Å². The van der Waals surface area contributed by atoms with E-state index in [0.717, 1.165) is 29.2 Å². The fraction of sp³-hybridized carbons (Fsp3) is 0.500. The number of amides is 2. The van der Waals surface area contributed by atoms with E-state index >= 15 is 0 Å². The molecule has 0 saturated carbocycles. The second-order valence-electron chi connectivity index (χ2n) is 6.68. The highest BCUT2D eigenvalue weighted by Crippen LogP contribution is 2.30. The Bertz CT molecular complexity index is 851. The van der Waals surface area contributed by atoms with Gasteiger partial charge in [-0.05, 0) is 32.8 Å². The second-order valence-corrected chi connectivity index (χ2v) is 7.77. The summed E-state index contributed by atoms with van der Waals surface area (Å²) in [5.41, 5.74) is 1.57. The summed E-state index contributed by atoms with van der Waals surface area (Å²) in [6, 6.07) is 1.78. The number of rotatable bonds is 3. The number of carbonyl (C=O) groups excluding carboxylic acids is 2. The van der Waals surface area contributed by atoms with E-state index in [9.17, 15) is 9.59 Å². The molecule has 1 atom stereocenters. The Kier molecular flexibility index (Phi) is 4.54. The Balaban J connectivity index is 1.45. The van der Waals surface area contributed by atoms with Gasteiger partial charge in [-0.2, -0.15) is 0 Å². The number of hydrogen-bond donors (Lipinski definition) is 1. The van der Waals surface area contributed by atoms with Crippen LogP contribution in [0.4, 0.5) is 5.13 Å². The molecule has 138 valence electrons. The van der Waals surface area contributed by atoms with Gasteiger partial charge >= 0.3 is 0 Å². The van der Waals surface area contributed by atoms with Crippen molar-refractivity contribution in [3.8, 4) is 0 Å². The lowest BCUT2D eigenvalue weighted by atomic mass is 10.1. The van der Waals surface area contributed by atoms with Crippen LogP contribution >= 0.6 is 11.3 Å². The van der Waals surface area contributed by atoms with Crippen LogP contribution in [0.3, 0.4) is 0 Å². The first-order valence-electron chi connectivity index (χ1n) is 8.78. The number of furan rings is 1. The van der Waals surface area contributed by atoms with Gasteiger partial charge in [-0.25, -0.2) is 4.98 Å². The zero-order valence-electron chi connectivity index (χ0n) is 14.8. The summed E-state index contributed by atoms with van der Waals surface area (Å²) < 4.78 is 10.9. The highest BCUT2D eigenvalue weighted by molar-refractivity contribution is 7.15. The quantitative estimate of drug-likeness (QED) is 0.892. The molecular formula is C18H21N3O4S. The number of carbonyl (C=O) groups is 2. The number of aryl methyl sites for hydroxylation is 2. The highest BCUT2D eigenvalue weighted by Gasteiger charge is 2.28. The number of aromatic nitrogens is 1. The Morgan fingerprint density at radius 2 is 2.23 bits per heavy atom. The zero-order chi connectivity index (χ0) is 18.3. The van der Waals surface area contributed by atoms with Crippen LogP contribution in [0.25, 0.3) is 0 Å². The lowest BCUT2D eigenvalue weighted by Gasteiger charge is -2.25. The summed E-state index contributed by atoms with van der Waals surface area (Å²) in [7, 11) is 0. The molecule has 1 saturated heterocycles. The van der Waals surface area contributed by atoms with Crippen molar-refractivity contribution in [2.24, 2.45) is 0 Å². The van der Waals surface area contributed by atoms with E-state index < -0.39 is 0 Å². The van der Waals surface area contributed by atoms with Crippen molar-refractivity contribution in [2.45, 2.75) is 45.8 Å².